The van der Waals surface area contributed by atoms with E-state index in [1.165, 1.54) is 35.6 Å². The monoisotopic (exact) mass is 529 g/mol. The van der Waals surface area contributed by atoms with Crippen molar-refractivity contribution >= 4 is 22.4 Å². The summed E-state index contributed by atoms with van der Waals surface area (Å²) in [6, 6.07) is 3.55. The van der Waals surface area contributed by atoms with Crippen LogP contribution in [0, 0.1) is 5.82 Å². The third kappa shape index (κ3) is 5.60. The Kier molecular flexibility index (Phi) is 7.01. The number of nitrogens with zero attached hydrogens (tertiary/aromatic N) is 4. The van der Waals surface area contributed by atoms with Crippen LogP contribution < -0.4 is 10.9 Å². The van der Waals surface area contributed by atoms with Gasteiger partial charge in [0.25, 0.3) is 5.56 Å². The highest BCUT2D eigenvalue weighted by Crippen LogP contribution is 2.35. The average Bonchev–Trinajstić information content (AvgIpc) is 2.80. The topological polar surface area (TPSA) is 63.1 Å². The Bertz CT molecular complexity index is 1410. The number of fused-ring (bicyclic) bond motifs is 1. The number of hydrogen-bond acceptors (Lipinski definition) is 5. The van der Waals surface area contributed by atoms with E-state index < -0.39 is 41.9 Å². The minimum absolute atomic E-state index is 0.0122. The number of aromatic nitrogens is 3. The van der Waals surface area contributed by atoms with E-state index >= 15 is 0 Å². The molecule has 1 aliphatic rings. The summed E-state index contributed by atoms with van der Waals surface area (Å²) in [5, 5.41) is 3.25. The van der Waals surface area contributed by atoms with Crippen LogP contribution in [-0.2, 0) is 13.2 Å². The van der Waals surface area contributed by atoms with Crippen LogP contribution >= 0.6 is 0 Å². The van der Waals surface area contributed by atoms with Crippen LogP contribution in [0.2, 0.25) is 0 Å². The van der Waals surface area contributed by atoms with Crippen molar-refractivity contribution in [2.45, 2.75) is 31.7 Å². The molecule has 198 valence electrons. The summed E-state index contributed by atoms with van der Waals surface area (Å²) in [7, 11) is 1.47. The summed E-state index contributed by atoms with van der Waals surface area (Å²) in [5.74, 6) is -1.25. The molecule has 1 atom stereocenters. The fraction of sp³-hybridized carbons (Fsp3) is 0.375. The highest BCUT2D eigenvalue weighted by molar-refractivity contribution is 5.89. The van der Waals surface area contributed by atoms with Gasteiger partial charge in [-0.05, 0) is 31.1 Å². The van der Waals surface area contributed by atoms with Gasteiger partial charge in [0.1, 0.15) is 23.6 Å². The number of aryl methyl sites for hydroxylation is 1. The molecule has 0 saturated carbocycles. The van der Waals surface area contributed by atoms with Crippen molar-refractivity contribution < 1.29 is 30.7 Å². The molecule has 0 saturated heterocycles. The molecule has 6 nitrogen and oxygen atoms in total. The highest BCUT2D eigenvalue weighted by atomic mass is 19.4. The van der Waals surface area contributed by atoms with Crippen LogP contribution in [0.3, 0.4) is 0 Å². The zero-order valence-corrected chi connectivity index (χ0v) is 19.7. The Labute approximate surface area is 206 Å². The molecule has 37 heavy (non-hydrogen) atoms. The predicted molar refractivity (Wildman–Crippen MR) is 123 cm³/mol. The number of hydrogen-bond donors (Lipinski definition) is 1. The molecular weight excluding hydrogens is 507 g/mol. The van der Waals surface area contributed by atoms with Crippen molar-refractivity contribution in [3.05, 3.63) is 69.5 Å². The van der Waals surface area contributed by atoms with Crippen molar-refractivity contribution in [2.24, 2.45) is 7.05 Å². The molecule has 1 N–H and O–H groups in total. The molecule has 0 radical (unpaired) electrons. The maximum absolute atomic E-state index is 14.7. The molecule has 0 fully saturated rings. The molecule has 13 heteroatoms. The zero-order valence-electron chi connectivity index (χ0n) is 19.7. The lowest BCUT2D eigenvalue weighted by molar-refractivity contribution is -0.145. The van der Waals surface area contributed by atoms with E-state index in [0.29, 0.717) is 17.0 Å². The Balaban J connectivity index is 1.70. The molecule has 0 unspecified atom stereocenters. The molecule has 0 bridgehead atoms. The standard InChI is InChI=1S/C24H22F7N5O/c1-13(15-4-3-5-18(19(15)25)24(29,30)31)34-20-17-10-16(22(37)35(2)21(17)33-12-32-20)14-6-8-36(9-7-14)11-23(26,27)28/h3-6,10,12-13H,7-9,11H2,1-2H3,(H,32,33,34)/t13-/m1/s1. The van der Waals surface area contributed by atoms with Gasteiger partial charge in [0.05, 0.1) is 23.5 Å². The summed E-state index contributed by atoms with van der Waals surface area (Å²) in [6.45, 7) is 0.528. The lowest BCUT2D eigenvalue weighted by Crippen LogP contribution is -2.37. The number of anilines is 1. The average molecular weight is 529 g/mol. The summed E-state index contributed by atoms with van der Waals surface area (Å²) < 4.78 is 93.5. The van der Waals surface area contributed by atoms with Gasteiger partial charge >= 0.3 is 12.4 Å². The Morgan fingerprint density at radius 2 is 1.86 bits per heavy atom. The lowest BCUT2D eigenvalue weighted by Gasteiger charge is -2.27. The first kappa shape index (κ1) is 26.6. The quantitative estimate of drug-likeness (QED) is 0.454. The van der Waals surface area contributed by atoms with E-state index in [1.807, 2.05) is 0 Å². The fourth-order valence-corrected chi connectivity index (χ4v) is 4.35. The van der Waals surface area contributed by atoms with Gasteiger partial charge in [-0.3, -0.25) is 14.3 Å². The molecule has 1 aliphatic heterocycles. The summed E-state index contributed by atoms with van der Waals surface area (Å²) in [6.07, 6.45) is -6.27. The van der Waals surface area contributed by atoms with E-state index in [1.54, 1.807) is 6.08 Å². The number of nitrogens with one attached hydrogen (secondary N) is 1. The number of pyridine rings is 1. The van der Waals surface area contributed by atoms with Gasteiger partial charge in [-0.15, -0.1) is 0 Å². The number of halogens is 7. The minimum Gasteiger partial charge on any atom is -0.363 e. The van der Waals surface area contributed by atoms with Gasteiger partial charge in [0.2, 0.25) is 0 Å². The first-order valence-electron chi connectivity index (χ1n) is 11.2. The Morgan fingerprint density at radius 3 is 2.49 bits per heavy atom. The fourth-order valence-electron chi connectivity index (χ4n) is 4.35. The number of benzene rings is 1. The van der Waals surface area contributed by atoms with Gasteiger partial charge in [0.15, 0.2) is 0 Å². The molecule has 3 aromatic rings. The van der Waals surface area contributed by atoms with Crippen LogP contribution in [0.4, 0.5) is 36.6 Å². The molecule has 0 amide bonds. The predicted octanol–water partition coefficient (Wildman–Crippen LogP) is 5.31. The number of alkyl halides is 6. The maximum atomic E-state index is 14.7. The molecule has 1 aromatic carbocycles. The smallest absolute Gasteiger partial charge is 0.363 e. The first-order valence-corrected chi connectivity index (χ1v) is 11.2. The molecule has 2 aromatic heterocycles. The van der Waals surface area contributed by atoms with Crippen LogP contribution in [0.5, 0.6) is 0 Å². The zero-order chi connectivity index (χ0) is 27.1. The third-order valence-electron chi connectivity index (χ3n) is 6.20. The minimum atomic E-state index is -4.86. The highest BCUT2D eigenvalue weighted by Gasteiger charge is 2.35. The van der Waals surface area contributed by atoms with Gasteiger partial charge in [-0.1, -0.05) is 18.2 Å². The Morgan fingerprint density at radius 1 is 1.14 bits per heavy atom. The third-order valence-corrected chi connectivity index (χ3v) is 6.20. The number of rotatable bonds is 5. The van der Waals surface area contributed by atoms with Gasteiger partial charge in [0, 0.05) is 31.3 Å². The second-order valence-electron chi connectivity index (χ2n) is 8.78. The van der Waals surface area contributed by atoms with E-state index in [0.717, 1.165) is 12.4 Å². The van der Waals surface area contributed by atoms with Gasteiger partial charge < -0.3 is 5.32 Å². The molecule has 4 rings (SSSR count). The maximum Gasteiger partial charge on any atom is 0.419 e. The van der Waals surface area contributed by atoms with Crippen molar-refractivity contribution in [1.82, 2.24) is 19.4 Å². The van der Waals surface area contributed by atoms with Crippen LogP contribution in [0.15, 0.2) is 41.5 Å². The van der Waals surface area contributed by atoms with Crippen LogP contribution in [0.25, 0.3) is 16.6 Å². The summed E-state index contributed by atoms with van der Waals surface area (Å²) in [5.41, 5.74) is -1.00. The lowest BCUT2D eigenvalue weighted by atomic mass is 9.99. The molecule has 3 heterocycles. The van der Waals surface area contributed by atoms with Crippen molar-refractivity contribution in [3.8, 4) is 0 Å². The van der Waals surface area contributed by atoms with E-state index in [9.17, 15) is 35.5 Å². The summed E-state index contributed by atoms with van der Waals surface area (Å²) >= 11 is 0. The molecular formula is C24H22F7N5O. The SMILES string of the molecule is C[C@@H](Nc1ncnc2c1cc(C1=CCN(CC(F)(F)F)CC1)c(=O)n2C)c1cccc(C(F)(F)F)c1F. The molecule has 0 spiro atoms. The van der Waals surface area contributed by atoms with Crippen molar-refractivity contribution in [2.75, 3.05) is 25.0 Å². The largest absolute Gasteiger partial charge is 0.419 e. The first-order chi connectivity index (χ1) is 17.3. The second-order valence-corrected chi connectivity index (χ2v) is 8.78. The van der Waals surface area contributed by atoms with Gasteiger partial charge in [-0.2, -0.15) is 26.3 Å². The molecule has 0 aliphatic carbocycles. The van der Waals surface area contributed by atoms with Crippen molar-refractivity contribution in [3.63, 3.8) is 0 Å². The van der Waals surface area contributed by atoms with E-state index in [2.05, 4.69) is 15.3 Å². The van der Waals surface area contributed by atoms with Gasteiger partial charge in [-0.25, -0.2) is 14.4 Å². The van der Waals surface area contributed by atoms with Crippen LogP contribution in [-0.4, -0.2) is 45.2 Å². The normalized spacial score (nSPS) is 16.1. The van der Waals surface area contributed by atoms with E-state index in [-0.39, 0.29) is 42.1 Å². The second kappa shape index (κ2) is 9.77. The Hall–Kier alpha value is -3.48. The van der Waals surface area contributed by atoms with Crippen LogP contribution in [0.1, 0.15) is 36.1 Å². The summed E-state index contributed by atoms with van der Waals surface area (Å²) in [4.78, 5) is 22.5. The van der Waals surface area contributed by atoms with Crippen molar-refractivity contribution in [1.29, 1.82) is 0 Å². The van der Waals surface area contributed by atoms with E-state index in [4.69, 9.17) is 0 Å².